The number of carbonyl (C=O) groups is 1. The van der Waals surface area contributed by atoms with Crippen molar-refractivity contribution in [3.63, 3.8) is 0 Å². The minimum absolute atomic E-state index is 0.00110. The summed E-state index contributed by atoms with van der Waals surface area (Å²) in [5.41, 5.74) is 3.10. The summed E-state index contributed by atoms with van der Waals surface area (Å²) >= 11 is 0. The molecule has 3 aromatic rings. The fourth-order valence-corrected chi connectivity index (χ4v) is 4.03. The van der Waals surface area contributed by atoms with E-state index in [4.69, 9.17) is 9.47 Å². The van der Waals surface area contributed by atoms with Gasteiger partial charge in [-0.15, -0.1) is 0 Å². The Kier molecular flexibility index (Phi) is 6.36. The molecule has 1 aromatic heterocycles. The van der Waals surface area contributed by atoms with Crippen LogP contribution in [0.4, 0.5) is 0 Å². The van der Waals surface area contributed by atoms with Crippen LogP contribution in [0.5, 0.6) is 11.5 Å². The van der Waals surface area contributed by atoms with Crippen LogP contribution in [-0.4, -0.2) is 41.4 Å². The third-order valence-electron chi connectivity index (χ3n) is 5.59. The summed E-state index contributed by atoms with van der Waals surface area (Å²) in [6.07, 6.45) is 9.08. The van der Waals surface area contributed by atoms with Crippen LogP contribution in [0.3, 0.4) is 0 Å². The van der Waals surface area contributed by atoms with Crippen molar-refractivity contribution in [2.24, 2.45) is 0 Å². The Balaban J connectivity index is 1.45. The number of nitrogens with zero attached hydrogens (tertiary/aromatic N) is 3. The maximum atomic E-state index is 13.0. The monoisotopic (exact) mass is 417 g/mol. The van der Waals surface area contributed by atoms with E-state index >= 15 is 0 Å². The van der Waals surface area contributed by atoms with Gasteiger partial charge in [0.1, 0.15) is 11.5 Å². The van der Waals surface area contributed by atoms with Gasteiger partial charge in [-0.2, -0.15) is 5.10 Å². The first-order valence-corrected chi connectivity index (χ1v) is 10.4. The first-order valence-electron chi connectivity index (χ1n) is 10.4. The van der Waals surface area contributed by atoms with E-state index in [1.165, 1.54) is 5.56 Å². The lowest BCUT2D eigenvalue weighted by Crippen LogP contribution is -2.29. The molecule has 1 amide bonds. The number of carbonyl (C=O) groups excluding carboxylic acids is 1. The van der Waals surface area contributed by atoms with Crippen LogP contribution in [0.2, 0.25) is 0 Å². The molecule has 0 aliphatic carbocycles. The molecule has 1 saturated heterocycles. The number of aromatic nitrogens is 2. The molecule has 1 atom stereocenters. The highest BCUT2D eigenvalue weighted by Gasteiger charge is 2.31. The number of ether oxygens (including phenoxy) is 2. The van der Waals surface area contributed by atoms with E-state index in [2.05, 4.69) is 17.2 Å². The smallest absolute Gasteiger partial charge is 0.247 e. The molecular weight excluding hydrogens is 390 g/mol. The molecule has 0 saturated carbocycles. The number of likely N-dealkylation sites (tertiary alicyclic amines) is 1. The van der Waals surface area contributed by atoms with Crippen LogP contribution in [0, 0.1) is 0 Å². The Bertz CT molecular complexity index is 1060. The first-order chi connectivity index (χ1) is 15.2. The zero-order valence-corrected chi connectivity index (χ0v) is 17.9. The Morgan fingerprint density at radius 2 is 2.00 bits per heavy atom. The van der Waals surface area contributed by atoms with Crippen molar-refractivity contribution in [1.29, 1.82) is 0 Å². The predicted molar refractivity (Wildman–Crippen MR) is 120 cm³/mol. The summed E-state index contributed by atoms with van der Waals surface area (Å²) in [6.45, 7) is 1.43. The van der Waals surface area contributed by atoms with Crippen LogP contribution in [0.15, 0.2) is 67.0 Å². The van der Waals surface area contributed by atoms with Crippen LogP contribution in [0.1, 0.15) is 35.6 Å². The van der Waals surface area contributed by atoms with Gasteiger partial charge in [-0.3, -0.25) is 9.48 Å². The molecule has 0 bridgehead atoms. The largest absolute Gasteiger partial charge is 0.497 e. The van der Waals surface area contributed by atoms with Crippen molar-refractivity contribution in [1.82, 2.24) is 14.7 Å². The molecule has 0 N–H and O–H groups in total. The Labute approximate surface area is 182 Å². The lowest BCUT2D eigenvalue weighted by molar-refractivity contribution is -0.126. The molecule has 160 valence electrons. The van der Waals surface area contributed by atoms with Gasteiger partial charge in [0.05, 0.1) is 33.0 Å². The molecular formula is C25H27N3O3. The van der Waals surface area contributed by atoms with E-state index in [1.54, 1.807) is 26.5 Å². The average Bonchev–Trinajstić information content (AvgIpc) is 3.47. The molecule has 0 unspecified atom stereocenters. The number of rotatable bonds is 7. The molecule has 6 heteroatoms. The van der Waals surface area contributed by atoms with Gasteiger partial charge in [-0.1, -0.05) is 30.3 Å². The molecule has 0 spiro atoms. The maximum absolute atomic E-state index is 13.0. The molecule has 2 heterocycles. The normalized spacial score (nSPS) is 16.1. The molecule has 2 aromatic carbocycles. The van der Waals surface area contributed by atoms with E-state index in [1.807, 2.05) is 58.3 Å². The van der Waals surface area contributed by atoms with Gasteiger partial charge in [-0.05, 0) is 36.6 Å². The van der Waals surface area contributed by atoms with Crippen LogP contribution >= 0.6 is 0 Å². The summed E-state index contributed by atoms with van der Waals surface area (Å²) < 4.78 is 12.7. The van der Waals surface area contributed by atoms with Gasteiger partial charge in [0, 0.05) is 36.0 Å². The highest BCUT2D eigenvalue weighted by Crippen LogP contribution is 2.38. The predicted octanol–water partition coefficient (Wildman–Crippen LogP) is 4.33. The van der Waals surface area contributed by atoms with Crippen LogP contribution in [0.25, 0.3) is 6.08 Å². The SMILES string of the molecule is COc1ccc([C@H]2CCCN2C(=O)/C=C/c2cnn(Cc3ccccc3)c2)c(OC)c1. The Morgan fingerprint density at radius 3 is 2.77 bits per heavy atom. The summed E-state index contributed by atoms with van der Waals surface area (Å²) in [4.78, 5) is 14.9. The average molecular weight is 418 g/mol. The van der Waals surface area contributed by atoms with Crippen LogP contribution < -0.4 is 9.47 Å². The van der Waals surface area contributed by atoms with Crippen molar-refractivity contribution in [3.8, 4) is 11.5 Å². The highest BCUT2D eigenvalue weighted by atomic mass is 16.5. The van der Waals surface area contributed by atoms with Gasteiger partial charge in [0.15, 0.2) is 0 Å². The van der Waals surface area contributed by atoms with Crippen molar-refractivity contribution in [3.05, 3.63) is 83.7 Å². The van der Waals surface area contributed by atoms with Gasteiger partial charge in [0.2, 0.25) is 5.91 Å². The molecule has 1 aliphatic heterocycles. The molecule has 1 fully saturated rings. The van der Waals surface area contributed by atoms with E-state index in [9.17, 15) is 4.79 Å². The minimum atomic E-state index is -0.00354. The molecule has 4 rings (SSSR count). The highest BCUT2D eigenvalue weighted by molar-refractivity contribution is 5.92. The number of hydrogen-bond acceptors (Lipinski definition) is 4. The third kappa shape index (κ3) is 4.79. The van der Waals surface area contributed by atoms with Gasteiger partial charge in [0.25, 0.3) is 0 Å². The van der Waals surface area contributed by atoms with Crippen molar-refractivity contribution in [2.45, 2.75) is 25.4 Å². The second-order valence-corrected chi connectivity index (χ2v) is 7.59. The summed E-state index contributed by atoms with van der Waals surface area (Å²) in [5.74, 6) is 1.48. The van der Waals surface area contributed by atoms with Gasteiger partial charge < -0.3 is 14.4 Å². The maximum Gasteiger partial charge on any atom is 0.247 e. The second kappa shape index (κ2) is 9.51. The molecule has 1 aliphatic rings. The number of benzene rings is 2. The summed E-state index contributed by atoms with van der Waals surface area (Å²) in [5, 5.41) is 4.40. The number of amides is 1. The number of methoxy groups -OCH3 is 2. The molecule has 0 radical (unpaired) electrons. The van der Waals surface area contributed by atoms with E-state index in [0.29, 0.717) is 6.54 Å². The van der Waals surface area contributed by atoms with Crippen molar-refractivity contribution < 1.29 is 14.3 Å². The zero-order chi connectivity index (χ0) is 21.6. The standard InChI is InChI=1S/C25H27N3O3/c1-30-21-11-12-22(24(15-21)31-2)23-9-6-14-28(23)25(29)13-10-20-16-26-27(18-20)17-19-7-4-3-5-8-19/h3-5,7-8,10-13,15-16,18,23H,6,9,14,17H2,1-2H3/b13-10+/t23-/m1/s1. The lowest BCUT2D eigenvalue weighted by atomic mass is 10.0. The van der Waals surface area contributed by atoms with E-state index in [0.717, 1.165) is 42.0 Å². The topological polar surface area (TPSA) is 56.6 Å². The summed E-state index contributed by atoms with van der Waals surface area (Å²) in [7, 11) is 3.28. The molecule has 31 heavy (non-hydrogen) atoms. The van der Waals surface area contributed by atoms with Crippen molar-refractivity contribution >= 4 is 12.0 Å². The first kappa shape index (κ1) is 20.7. The third-order valence-corrected chi connectivity index (χ3v) is 5.59. The Morgan fingerprint density at radius 1 is 1.16 bits per heavy atom. The van der Waals surface area contributed by atoms with Crippen molar-refractivity contribution in [2.75, 3.05) is 20.8 Å². The van der Waals surface area contributed by atoms with E-state index < -0.39 is 0 Å². The van der Waals surface area contributed by atoms with Crippen LogP contribution in [-0.2, 0) is 11.3 Å². The van der Waals surface area contributed by atoms with Gasteiger partial charge >= 0.3 is 0 Å². The fourth-order valence-electron chi connectivity index (χ4n) is 4.03. The minimum Gasteiger partial charge on any atom is -0.497 e. The van der Waals surface area contributed by atoms with Gasteiger partial charge in [-0.25, -0.2) is 0 Å². The number of hydrogen-bond donors (Lipinski definition) is 0. The second-order valence-electron chi connectivity index (χ2n) is 7.59. The fraction of sp³-hybridized carbons (Fsp3) is 0.280. The molecule has 6 nitrogen and oxygen atoms in total. The quantitative estimate of drug-likeness (QED) is 0.537. The van der Waals surface area contributed by atoms with E-state index in [-0.39, 0.29) is 11.9 Å². The zero-order valence-electron chi connectivity index (χ0n) is 17.9. The Hall–Kier alpha value is -3.54. The lowest BCUT2D eigenvalue weighted by Gasteiger charge is -2.25. The summed E-state index contributed by atoms with van der Waals surface area (Å²) in [6, 6.07) is 15.9.